The average Bonchev–Trinajstić information content (AvgIpc) is 3.02. The number of thiophene rings is 1. The smallest absolute Gasteiger partial charge is 0.268 e. The van der Waals surface area contributed by atoms with Crippen LogP contribution < -0.4 is 10.6 Å². The van der Waals surface area contributed by atoms with Crippen molar-refractivity contribution in [2.75, 3.05) is 19.7 Å². The molecule has 0 aliphatic rings. The van der Waals surface area contributed by atoms with Crippen LogP contribution in [-0.2, 0) is 4.79 Å². The fraction of sp³-hybridized carbons (Fsp3) is 0.333. The number of halogens is 2. The van der Waals surface area contributed by atoms with Crippen molar-refractivity contribution in [1.29, 1.82) is 0 Å². The molecule has 2 aromatic heterocycles. The van der Waals surface area contributed by atoms with Gasteiger partial charge in [-0.2, -0.15) is 0 Å². The summed E-state index contributed by atoms with van der Waals surface area (Å²) in [6, 6.07) is 1.60. The van der Waals surface area contributed by atoms with Crippen LogP contribution in [0.1, 0.15) is 10.5 Å². The fourth-order valence-corrected chi connectivity index (χ4v) is 3.14. The minimum Gasteiger partial charge on any atom is -0.394 e. The molecule has 0 saturated heterocycles. The molecule has 0 radical (unpaired) electrons. The summed E-state index contributed by atoms with van der Waals surface area (Å²) in [6.45, 7) is -0.787. The second kappa shape index (κ2) is 7.30. The van der Waals surface area contributed by atoms with Crippen LogP contribution in [0.4, 0.5) is 0 Å². The number of aliphatic hydroxyl groups excluding tert-OH is 2. The van der Waals surface area contributed by atoms with Crippen molar-refractivity contribution in [3.8, 4) is 0 Å². The van der Waals surface area contributed by atoms with Crippen LogP contribution in [0.5, 0.6) is 0 Å². The minimum absolute atomic E-state index is 0.0858. The van der Waals surface area contributed by atoms with Crippen molar-refractivity contribution in [2.24, 2.45) is 0 Å². The highest BCUT2D eigenvalue weighted by atomic mass is 35.5. The molecule has 7 nitrogen and oxygen atoms in total. The highest BCUT2D eigenvalue weighted by molar-refractivity contribution is 7.23. The normalized spacial score (nSPS) is 12.4. The van der Waals surface area contributed by atoms with Crippen LogP contribution in [0.3, 0.4) is 0 Å². The van der Waals surface area contributed by atoms with Gasteiger partial charge in [0.15, 0.2) is 0 Å². The number of carbonyl (C=O) groups is 2. The molecule has 0 aromatic carbocycles. The SMILES string of the molecule is O=C(CNC(=O)c1cc2sc(Cl)c(Cl)c2[nH]1)NCC(O)CO. The number of aromatic amines is 1. The highest BCUT2D eigenvalue weighted by Gasteiger charge is 2.16. The summed E-state index contributed by atoms with van der Waals surface area (Å²) in [5.74, 6) is -0.941. The van der Waals surface area contributed by atoms with Crippen molar-refractivity contribution in [3.05, 3.63) is 21.1 Å². The van der Waals surface area contributed by atoms with Crippen LogP contribution in [-0.4, -0.2) is 52.8 Å². The second-order valence-corrected chi connectivity index (χ2v) is 6.47. The van der Waals surface area contributed by atoms with E-state index in [1.165, 1.54) is 11.3 Å². The number of hydrogen-bond acceptors (Lipinski definition) is 5. The summed E-state index contributed by atoms with van der Waals surface area (Å²) in [7, 11) is 0. The zero-order chi connectivity index (χ0) is 16.3. The van der Waals surface area contributed by atoms with E-state index in [2.05, 4.69) is 15.6 Å². The summed E-state index contributed by atoms with van der Waals surface area (Å²) >= 11 is 13.1. The molecule has 0 bridgehead atoms. The highest BCUT2D eigenvalue weighted by Crippen LogP contribution is 2.38. The molecular weight excluding hydrogens is 353 g/mol. The Morgan fingerprint density at radius 1 is 1.36 bits per heavy atom. The molecule has 22 heavy (non-hydrogen) atoms. The lowest BCUT2D eigenvalue weighted by Gasteiger charge is -2.09. The van der Waals surface area contributed by atoms with E-state index in [1.54, 1.807) is 6.07 Å². The summed E-state index contributed by atoms with van der Waals surface area (Å²) in [5.41, 5.74) is 0.848. The summed E-state index contributed by atoms with van der Waals surface area (Å²) in [5, 5.41) is 22.9. The molecule has 5 N–H and O–H groups in total. The third kappa shape index (κ3) is 3.90. The topological polar surface area (TPSA) is 114 Å². The first-order valence-electron chi connectivity index (χ1n) is 6.22. The molecule has 0 saturated carbocycles. The fourth-order valence-electron chi connectivity index (χ4n) is 1.66. The average molecular weight is 366 g/mol. The lowest BCUT2D eigenvalue weighted by atomic mass is 10.3. The molecule has 0 aliphatic heterocycles. The molecule has 1 unspecified atom stereocenters. The van der Waals surface area contributed by atoms with Gasteiger partial charge < -0.3 is 25.8 Å². The maximum atomic E-state index is 11.9. The number of nitrogens with one attached hydrogen (secondary N) is 3. The van der Waals surface area contributed by atoms with E-state index < -0.39 is 24.5 Å². The van der Waals surface area contributed by atoms with Gasteiger partial charge in [-0.15, -0.1) is 11.3 Å². The van der Waals surface area contributed by atoms with Gasteiger partial charge in [0.25, 0.3) is 5.91 Å². The monoisotopic (exact) mass is 365 g/mol. The van der Waals surface area contributed by atoms with Gasteiger partial charge in [-0.3, -0.25) is 9.59 Å². The Kier molecular flexibility index (Phi) is 5.65. The lowest BCUT2D eigenvalue weighted by Crippen LogP contribution is -2.40. The number of aliphatic hydroxyl groups is 2. The molecule has 0 spiro atoms. The number of fused-ring (bicyclic) bond motifs is 1. The first-order chi connectivity index (χ1) is 10.4. The van der Waals surface area contributed by atoms with Gasteiger partial charge in [0.1, 0.15) is 10.0 Å². The molecule has 10 heteroatoms. The summed E-state index contributed by atoms with van der Waals surface area (Å²) in [6.07, 6.45) is -1.03. The van der Waals surface area contributed by atoms with Crippen LogP contribution in [0.2, 0.25) is 9.36 Å². The van der Waals surface area contributed by atoms with Crippen LogP contribution in [0.15, 0.2) is 6.07 Å². The number of rotatable bonds is 6. The minimum atomic E-state index is -1.03. The Morgan fingerprint density at radius 3 is 2.73 bits per heavy atom. The van der Waals surface area contributed by atoms with Crippen molar-refractivity contribution < 1.29 is 19.8 Å². The lowest BCUT2D eigenvalue weighted by molar-refractivity contribution is -0.120. The van der Waals surface area contributed by atoms with Crippen molar-refractivity contribution in [3.63, 3.8) is 0 Å². The Hall–Kier alpha value is -1.32. The van der Waals surface area contributed by atoms with Gasteiger partial charge >= 0.3 is 0 Å². The predicted molar refractivity (Wildman–Crippen MR) is 84.6 cm³/mol. The Balaban J connectivity index is 1.89. The Morgan fingerprint density at radius 2 is 2.09 bits per heavy atom. The number of hydrogen-bond donors (Lipinski definition) is 5. The largest absolute Gasteiger partial charge is 0.394 e. The molecular formula is C12H13Cl2N3O4S. The van der Waals surface area contributed by atoms with Gasteiger partial charge in [0, 0.05) is 6.54 Å². The number of amides is 2. The summed E-state index contributed by atoms with van der Waals surface area (Å²) < 4.78 is 1.19. The van der Waals surface area contributed by atoms with E-state index in [0.29, 0.717) is 14.9 Å². The van der Waals surface area contributed by atoms with E-state index in [9.17, 15) is 9.59 Å². The quantitative estimate of drug-likeness (QED) is 0.519. The molecule has 1 atom stereocenters. The van der Waals surface area contributed by atoms with Gasteiger partial charge in [0.05, 0.1) is 34.5 Å². The molecule has 2 amide bonds. The van der Waals surface area contributed by atoms with Crippen molar-refractivity contribution >= 4 is 56.6 Å². The number of aromatic nitrogens is 1. The van der Waals surface area contributed by atoms with Crippen LogP contribution >= 0.6 is 34.5 Å². The molecule has 2 heterocycles. The molecule has 0 fully saturated rings. The van der Waals surface area contributed by atoms with Crippen molar-refractivity contribution in [1.82, 2.24) is 15.6 Å². The first kappa shape index (κ1) is 17.0. The second-order valence-electron chi connectivity index (χ2n) is 4.44. The van der Waals surface area contributed by atoms with E-state index in [4.69, 9.17) is 33.4 Å². The third-order valence-electron chi connectivity index (χ3n) is 2.77. The zero-order valence-corrected chi connectivity index (χ0v) is 13.5. The van der Waals surface area contributed by atoms with Crippen LogP contribution in [0, 0.1) is 0 Å². The van der Waals surface area contributed by atoms with Gasteiger partial charge in [-0.05, 0) is 6.07 Å². The van der Waals surface area contributed by atoms with E-state index in [1.807, 2.05) is 0 Å². The standard InChI is InChI=1S/C12H13Cl2N3O4S/c13-9-10-7(22-11(9)14)1-6(17-10)12(21)16-3-8(20)15-2-5(19)4-18/h1,5,17-19H,2-4H2,(H,15,20)(H,16,21). The molecule has 0 aliphatic carbocycles. The van der Waals surface area contributed by atoms with Gasteiger partial charge in [-0.25, -0.2) is 0 Å². The van der Waals surface area contributed by atoms with E-state index in [0.717, 1.165) is 4.70 Å². The Labute approximate surface area is 139 Å². The van der Waals surface area contributed by atoms with Crippen molar-refractivity contribution in [2.45, 2.75) is 6.10 Å². The van der Waals surface area contributed by atoms with Gasteiger partial charge in [0.2, 0.25) is 5.91 Å². The molecule has 2 rings (SSSR count). The van der Waals surface area contributed by atoms with E-state index in [-0.39, 0.29) is 18.8 Å². The zero-order valence-electron chi connectivity index (χ0n) is 11.2. The maximum Gasteiger partial charge on any atom is 0.268 e. The summed E-state index contributed by atoms with van der Waals surface area (Å²) in [4.78, 5) is 26.2. The maximum absolute atomic E-state index is 11.9. The van der Waals surface area contributed by atoms with Gasteiger partial charge in [-0.1, -0.05) is 23.2 Å². The number of carbonyl (C=O) groups excluding carboxylic acids is 2. The Bertz CT molecular complexity index is 700. The molecule has 2 aromatic rings. The number of H-pyrrole nitrogens is 1. The first-order valence-corrected chi connectivity index (χ1v) is 7.80. The van der Waals surface area contributed by atoms with Crippen LogP contribution in [0.25, 0.3) is 10.2 Å². The molecule has 120 valence electrons. The van der Waals surface area contributed by atoms with E-state index >= 15 is 0 Å². The third-order valence-corrected chi connectivity index (χ3v) is 4.71. The predicted octanol–water partition coefficient (Wildman–Crippen LogP) is 0.735.